The third kappa shape index (κ3) is 3.31. The molecule has 0 saturated carbocycles. The smallest absolute Gasteiger partial charge is 0.251 e. The Morgan fingerprint density at radius 3 is 2.77 bits per heavy atom. The molecule has 9 nitrogen and oxygen atoms in total. The molecule has 0 spiro atoms. The number of amides is 1. The zero-order chi connectivity index (χ0) is 20.5. The fourth-order valence-corrected chi connectivity index (χ4v) is 4.02. The highest BCUT2D eigenvalue weighted by molar-refractivity contribution is 5.94. The van der Waals surface area contributed by atoms with Gasteiger partial charge in [-0.25, -0.2) is 4.68 Å². The first kappa shape index (κ1) is 18.7. The van der Waals surface area contributed by atoms with Crippen LogP contribution in [0.15, 0.2) is 54.6 Å². The van der Waals surface area contributed by atoms with Gasteiger partial charge < -0.3 is 19.5 Å². The van der Waals surface area contributed by atoms with Crippen LogP contribution in [-0.4, -0.2) is 64.7 Å². The quantitative estimate of drug-likeness (QED) is 0.684. The number of hydrogen-bond acceptors (Lipinski definition) is 7. The maximum absolute atomic E-state index is 12.5. The molecule has 9 heteroatoms. The highest BCUT2D eigenvalue weighted by Gasteiger charge is 2.50. The van der Waals surface area contributed by atoms with Gasteiger partial charge in [-0.15, -0.1) is 5.10 Å². The summed E-state index contributed by atoms with van der Waals surface area (Å²) in [5.74, 6) is 1.20. The van der Waals surface area contributed by atoms with E-state index in [1.54, 1.807) is 23.9 Å². The van der Waals surface area contributed by atoms with Crippen LogP contribution < -0.4 is 10.1 Å². The summed E-state index contributed by atoms with van der Waals surface area (Å²) in [5.41, 5.74) is 1.45. The number of nitrogens with one attached hydrogen (secondary N) is 1. The Labute approximate surface area is 172 Å². The second kappa shape index (κ2) is 7.85. The first-order valence-corrected chi connectivity index (χ1v) is 9.76. The van der Waals surface area contributed by atoms with Gasteiger partial charge in [-0.3, -0.25) is 4.79 Å². The lowest BCUT2D eigenvalue weighted by molar-refractivity contribution is 0.0615. The standard InChI is InChI=1S/C21H21N5O4/c1-28-15-9-5-8-14(10-15)20-23-24-25-26(20)17-12-30-18-16(11-29-19(17)18)22-21(27)13-6-3-2-4-7-13/h2-10,16-19H,11-12H2,1H3,(H,22,27)/t16-,17+,18-,19+/m0/s1. The van der Waals surface area contributed by atoms with Crippen LogP contribution in [0.4, 0.5) is 0 Å². The molecule has 154 valence electrons. The molecule has 2 aliphatic rings. The first-order valence-electron chi connectivity index (χ1n) is 9.76. The first-order chi connectivity index (χ1) is 14.7. The fraction of sp³-hybridized carbons (Fsp3) is 0.333. The van der Waals surface area contributed by atoms with Crippen molar-refractivity contribution < 1.29 is 19.0 Å². The van der Waals surface area contributed by atoms with Crippen molar-refractivity contribution in [3.63, 3.8) is 0 Å². The van der Waals surface area contributed by atoms with Gasteiger partial charge in [-0.2, -0.15) is 0 Å². The van der Waals surface area contributed by atoms with E-state index in [0.29, 0.717) is 24.6 Å². The average Bonchev–Trinajstić information content (AvgIpc) is 3.52. The monoisotopic (exact) mass is 407 g/mol. The Bertz CT molecular complexity index is 1040. The molecule has 1 N–H and O–H groups in total. The molecule has 0 radical (unpaired) electrons. The molecule has 3 heterocycles. The zero-order valence-corrected chi connectivity index (χ0v) is 16.3. The van der Waals surface area contributed by atoms with Crippen LogP contribution in [0.25, 0.3) is 11.4 Å². The lowest BCUT2D eigenvalue weighted by Crippen LogP contribution is -2.44. The van der Waals surface area contributed by atoms with E-state index in [1.165, 1.54) is 0 Å². The van der Waals surface area contributed by atoms with Crippen LogP contribution in [0.1, 0.15) is 16.4 Å². The lowest BCUT2D eigenvalue weighted by atomic mass is 10.1. The average molecular weight is 407 g/mol. The van der Waals surface area contributed by atoms with E-state index in [1.807, 2.05) is 42.5 Å². The van der Waals surface area contributed by atoms with Gasteiger partial charge in [0, 0.05) is 11.1 Å². The molecule has 2 aromatic carbocycles. The van der Waals surface area contributed by atoms with Gasteiger partial charge in [0.1, 0.15) is 24.0 Å². The van der Waals surface area contributed by atoms with Crippen LogP contribution >= 0.6 is 0 Å². The summed E-state index contributed by atoms with van der Waals surface area (Å²) in [6.45, 7) is 0.774. The number of tetrazole rings is 1. The summed E-state index contributed by atoms with van der Waals surface area (Å²) in [7, 11) is 1.62. The van der Waals surface area contributed by atoms with Crippen LogP contribution in [0.5, 0.6) is 5.75 Å². The number of fused-ring (bicyclic) bond motifs is 1. The topological polar surface area (TPSA) is 100 Å². The molecular formula is C21H21N5O4. The van der Waals surface area contributed by atoms with E-state index in [9.17, 15) is 4.79 Å². The van der Waals surface area contributed by atoms with Crippen molar-refractivity contribution in [3.05, 3.63) is 60.2 Å². The fourth-order valence-electron chi connectivity index (χ4n) is 4.02. The molecule has 4 atom stereocenters. The maximum Gasteiger partial charge on any atom is 0.251 e. The Balaban J connectivity index is 1.34. The molecule has 0 unspecified atom stereocenters. The minimum atomic E-state index is -0.259. The maximum atomic E-state index is 12.5. The van der Waals surface area contributed by atoms with Gasteiger partial charge in [0.25, 0.3) is 5.91 Å². The van der Waals surface area contributed by atoms with E-state index >= 15 is 0 Å². The summed E-state index contributed by atoms with van der Waals surface area (Å²) in [6, 6.07) is 16.3. The van der Waals surface area contributed by atoms with Gasteiger partial charge in [0.2, 0.25) is 0 Å². The number of rotatable bonds is 5. The lowest BCUT2D eigenvalue weighted by Gasteiger charge is -2.18. The largest absolute Gasteiger partial charge is 0.497 e. The van der Waals surface area contributed by atoms with E-state index in [-0.39, 0.29) is 30.2 Å². The van der Waals surface area contributed by atoms with Crippen molar-refractivity contribution >= 4 is 5.91 Å². The zero-order valence-electron chi connectivity index (χ0n) is 16.3. The number of aromatic nitrogens is 4. The number of benzene rings is 2. The molecular weight excluding hydrogens is 386 g/mol. The van der Waals surface area contributed by atoms with Gasteiger partial charge in [-0.05, 0) is 34.7 Å². The minimum absolute atomic E-state index is 0.142. The van der Waals surface area contributed by atoms with E-state index in [2.05, 4.69) is 20.8 Å². The number of nitrogens with zero attached hydrogens (tertiary/aromatic N) is 4. The SMILES string of the molecule is COc1cccc(-c2nnnn2[C@@H]2CO[C@@H]3[C@@H]2OC[C@@H]3NC(=O)c2ccccc2)c1. The molecule has 2 saturated heterocycles. The predicted molar refractivity (Wildman–Crippen MR) is 106 cm³/mol. The summed E-state index contributed by atoms with van der Waals surface area (Å²) in [4.78, 5) is 12.5. The number of carbonyl (C=O) groups is 1. The van der Waals surface area contributed by atoms with Crippen molar-refractivity contribution in [2.75, 3.05) is 20.3 Å². The Hall–Kier alpha value is -3.30. The molecule has 0 bridgehead atoms. The summed E-state index contributed by atoms with van der Waals surface area (Å²) in [6.07, 6.45) is -0.510. The Morgan fingerprint density at radius 1 is 1.10 bits per heavy atom. The number of hydrogen-bond donors (Lipinski definition) is 1. The van der Waals surface area contributed by atoms with Crippen molar-refractivity contribution in [3.8, 4) is 17.1 Å². The molecule has 1 amide bonds. The molecule has 30 heavy (non-hydrogen) atoms. The normalized spacial score (nSPS) is 25.1. The highest BCUT2D eigenvalue weighted by Crippen LogP contribution is 2.36. The van der Waals surface area contributed by atoms with Crippen molar-refractivity contribution in [1.82, 2.24) is 25.5 Å². The van der Waals surface area contributed by atoms with Gasteiger partial charge >= 0.3 is 0 Å². The summed E-state index contributed by atoms with van der Waals surface area (Å²) in [5, 5.41) is 15.3. The van der Waals surface area contributed by atoms with E-state index < -0.39 is 0 Å². The Kier molecular flexibility index (Phi) is 4.89. The molecule has 2 aliphatic heterocycles. The third-order valence-electron chi connectivity index (χ3n) is 5.51. The van der Waals surface area contributed by atoms with E-state index in [0.717, 1.165) is 11.3 Å². The second-order valence-electron chi connectivity index (χ2n) is 7.29. The number of ether oxygens (including phenoxy) is 3. The van der Waals surface area contributed by atoms with Crippen LogP contribution in [0.2, 0.25) is 0 Å². The number of carbonyl (C=O) groups excluding carboxylic acids is 1. The van der Waals surface area contributed by atoms with Crippen LogP contribution in [-0.2, 0) is 9.47 Å². The molecule has 5 rings (SSSR count). The minimum Gasteiger partial charge on any atom is -0.497 e. The molecule has 2 fully saturated rings. The van der Waals surface area contributed by atoms with Crippen molar-refractivity contribution in [2.24, 2.45) is 0 Å². The van der Waals surface area contributed by atoms with Crippen LogP contribution in [0.3, 0.4) is 0 Å². The molecule has 1 aromatic heterocycles. The summed E-state index contributed by atoms with van der Waals surface area (Å²) < 4.78 is 19.1. The van der Waals surface area contributed by atoms with Gasteiger partial charge in [0.05, 0.1) is 26.4 Å². The Morgan fingerprint density at radius 2 is 1.93 bits per heavy atom. The van der Waals surface area contributed by atoms with Crippen molar-refractivity contribution in [1.29, 1.82) is 0 Å². The van der Waals surface area contributed by atoms with Gasteiger partial charge in [-0.1, -0.05) is 30.3 Å². The molecule has 3 aromatic rings. The van der Waals surface area contributed by atoms with Gasteiger partial charge in [0.15, 0.2) is 5.82 Å². The molecule has 0 aliphatic carbocycles. The van der Waals surface area contributed by atoms with Crippen LogP contribution in [0, 0.1) is 0 Å². The number of methoxy groups -OCH3 is 1. The summed E-state index contributed by atoms with van der Waals surface area (Å²) >= 11 is 0. The highest BCUT2D eigenvalue weighted by atomic mass is 16.6. The van der Waals surface area contributed by atoms with Crippen molar-refractivity contribution in [2.45, 2.75) is 24.3 Å². The predicted octanol–water partition coefficient (Wildman–Crippen LogP) is 1.49. The second-order valence-corrected chi connectivity index (χ2v) is 7.29. The third-order valence-corrected chi connectivity index (χ3v) is 5.51. The van der Waals surface area contributed by atoms with E-state index in [4.69, 9.17) is 14.2 Å².